The van der Waals surface area contributed by atoms with Gasteiger partial charge >= 0.3 is 5.97 Å². The molecule has 3 nitrogen and oxygen atoms in total. The molecule has 1 saturated heterocycles. The molecular formula is C11H20O3. The lowest BCUT2D eigenvalue weighted by Gasteiger charge is -2.37. The molecule has 0 aromatic heterocycles. The summed E-state index contributed by atoms with van der Waals surface area (Å²) in [7, 11) is 0. The smallest absolute Gasteiger partial charge is 0.303 e. The third kappa shape index (κ3) is 3.29. The highest BCUT2D eigenvalue weighted by Gasteiger charge is 2.35. The third-order valence-electron chi connectivity index (χ3n) is 2.92. The lowest BCUT2D eigenvalue weighted by molar-refractivity contribution is -0.142. The van der Waals surface area contributed by atoms with E-state index in [2.05, 4.69) is 13.8 Å². The average molecular weight is 200 g/mol. The Morgan fingerprint density at radius 1 is 1.43 bits per heavy atom. The van der Waals surface area contributed by atoms with Crippen LogP contribution >= 0.6 is 0 Å². The Balaban J connectivity index is 2.61. The molecule has 0 amide bonds. The van der Waals surface area contributed by atoms with Gasteiger partial charge in [0.25, 0.3) is 0 Å². The minimum absolute atomic E-state index is 0.00174. The van der Waals surface area contributed by atoms with E-state index in [4.69, 9.17) is 9.84 Å². The van der Waals surface area contributed by atoms with E-state index in [1.54, 1.807) is 0 Å². The predicted octanol–water partition coefficient (Wildman–Crippen LogP) is 2.30. The van der Waals surface area contributed by atoms with Crippen molar-refractivity contribution in [2.75, 3.05) is 13.2 Å². The Morgan fingerprint density at radius 2 is 2.00 bits per heavy atom. The van der Waals surface area contributed by atoms with Crippen LogP contribution in [0.15, 0.2) is 0 Å². The van der Waals surface area contributed by atoms with Crippen molar-refractivity contribution >= 4 is 5.97 Å². The molecule has 0 spiro atoms. The van der Waals surface area contributed by atoms with Gasteiger partial charge in [0, 0.05) is 13.2 Å². The Labute approximate surface area is 85.5 Å². The standard InChI is InChI=1S/C11H20O3/c1-9(2)7-11(8-10(12)13)3-5-14-6-4-11/h9H,3-8H2,1-2H3,(H,12,13). The van der Waals surface area contributed by atoms with Crippen LogP contribution in [-0.4, -0.2) is 24.3 Å². The molecule has 1 rings (SSSR count). The molecule has 14 heavy (non-hydrogen) atoms. The highest BCUT2D eigenvalue weighted by atomic mass is 16.5. The fourth-order valence-electron chi connectivity index (χ4n) is 2.44. The molecule has 1 aliphatic heterocycles. The molecule has 0 atom stereocenters. The van der Waals surface area contributed by atoms with Crippen molar-refractivity contribution in [3.05, 3.63) is 0 Å². The van der Waals surface area contributed by atoms with Gasteiger partial charge in [-0.05, 0) is 30.6 Å². The maximum Gasteiger partial charge on any atom is 0.303 e. The molecule has 1 heterocycles. The van der Waals surface area contributed by atoms with E-state index in [9.17, 15) is 4.79 Å². The van der Waals surface area contributed by atoms with Gasteiger partial charge in [-0.25, -0.2) is 0 Å². The maximum absolute atomic E-state index is 10.8. The van der Waals surface area contributed by atoms with E-state index in [-0.39, 0.29) is 5.41 Å². The molecule has 0 aliphatic carbocycles. The van der Waals surface area contributed by atoms with Gasteiger partial charge < -0.3 is 9.84 Å². The summed E-state index contributed by atoms with van der Waals surface area (Å²) in [5.41, 5.74) is -0.00174. The number of hydrogen-bond donors (Lipinski definition) is 1. The molecule has 0 radical (unpaired) electrons. The molecule has 1 fully saturated rings. The second-order valence-corrected chi connectivity index (χ2v) is 4.78. The molecule has 0 aromatic rings. The summed E-state index contributed by atoms with van der Waals surface area (Å²) in [5.74, 6) is -0.111. The fraction of sp³-hybridized carbons (Fsp3) is 0.909. The van der Waals surface area contributed by atoms with Gasteiger partial charge in [-0.15, -0.1) is 0 Å². The minimum Gasteiger partial charge on any atom is -0.481 e. The average Bonchev–Trinajstić information content (AvgIpc) is 2.01. The van der Waals surface area contributed by atoms with Gasteiger partial charge in [0.1, 0.15) is 0 Å². The molecule has 0 aromatic carbocycles. The summed E-state index contributed by atoms with van der Waals surface area (Å²) in [5, 5.41) is 8.90. The van der Waals surface area contributed by atoms with Crippen molar-refractivity contribution < 1.29 is 14.6 Å². The van der Waals surface area contributed by atoms with Crippen LogP contribution < -0.4 is 0 Å². The number of ether oxygens (including phenoxy) is 1. The van der Waals surface area contributed by atoms with Gasteiger partial charge in [0.05, 0.1) is 6.42 Å². The largest absolute Gasteiger partial charge is 0.481 e. The number of hydrogen-bond acceptors (Lipinski definition) is 2. The number of carboxylic acids is 1. The monoisotopic (exact) mass is 200 g/mol. The lowest BCUT2D eigenvalue weighted by Crippen LogP contribution is -2.33. The summed E-state index contributed by atoms with van der Waals surface area (Å²) >= 11 is 0. The van der Waals surface area contributed by atoms with Gasteiger partial charge in [-0.1, -0.05) is 13.8 Å². The minimum atomic E-state index is -0.674. The van der Waals surface area contributed by atoms with E-state index in [1.807, 2.05) is 0 Å². The summed E-state index contributed by atoms with van der Waals surface area (Å²) in [4.78, 5) is 10.8. The molecule has 1 N–H and O–H groups in total. The van der Waals surface area contributed by atoms with Gasteiger partial charge in [0.15, 0.2) is 0 Å². The van der Waals surface area contributed by atoms with Crippen molar-refractivity contribution in [3.63, 3.8) is 0 Å². The van der Waals surface area contributed by atoms with Crippen LogP contribution in [0.25, 0.3) is 0 Å². The fourth-order valence-corrected chi connectivity index (χ4v) is 2.44. The first-order valence-electron chi connectivity index (χ1n) is 5.34. The molecule has 0 unspecified atom stereocenters. The summed E-state index contributed by atoms with van der Waals surface area (Å²) < 4.78 is 5.29. The Hall–Kier alpha value is -0.570. The summed E-state index contributed by atoms with van der Waals surface area (Å²) in [6.07, 6.45) is 3.10. The van der Waals surface area contributed by atoms with Gasteiger partial charge in [-0.2, -0.15) is 0 Å². The zero-order valence-electron chi connectivity index (χ0n) is 9.08. The van der Waals surface area contributed by atoms with Crippen LogP contribution in [-0.2, 0) is 9.53 Å². The first kappa shape index (κ1) is 11.5. The first-order valence-corrected chi connectivity index (χ1v) is 5.34. The summed E-state index contributed by atoms with van der Waals surface area (Å²) in [6.45, 7) is 5.75. The predicted molar refractivity (Wildman–Crippen MR) is 54.2 cm³/mol. The van der Waals surface area contributed by atoms with E-state index >= 15 is 0 Å². The van der Waals surface area contributed by atoms with E-state index in [1.165, 1.54) is 0 Å². The number of carbonyl (C=O) groups is 1. The second-order valence-electron chi connectivity index (χ2n) is 4.78. The van der Waals surface area contributed by atoms with Crippen LogP contribution in [0.4, 0.5) is 0 Å². The first-order chi connectivity index (χ1) is 6.54. The van der Waals surface area contributed by atoms with Crippen molar-refractivity contribution in [1.29, 1.82) is 0 Å². The molecule has 0 bridgehead atoms. The molecular weight excluding hydrogens is 180 g/mol. The van der Waals surface area contributed by atoms with Gasteiger partial charge in [0.2, 0.25) is 0 Å². The molecule has 0 saturated carbocycles. The molecule has 1 aliphatic rings. The van der Waals surface area contributed by atoms with E-state index in [0.29, 0.717) is 12.3 Å². The van der Waals surface area contributed by atoms with E-state index in [0.717, 1.165) is 32.5 Å². The Bertz CT molecular complexity index is 193. The van der Waals surface area contributed by atoms with E-state index < -0.39 is 5.97 Å². The van der Waals surface area contributed by atoms with Crippen LogP contribution in [0.1, 0.15) is 39.5 Å². The third-order valence-corrected chi connectivity index (χ3v) is 2.92. The maximum atomic E-state index is 10.8. The zero-order valence-corrected chi connectivity index (χ0v) is 9.08. The SMILES string of the molecule is CC(C)CC1(CC(=O)O)CCOCC1. The van der Waals surface area contributed by atoms with Crippen LogP contribution in [0, 0.1) is 11.3 Å². The number of rotatable bonds is 4. The van der Waals surface area contributed by atoms with Crippen molar-refractivity contribution in [3.8, 4) is 0 Å². The Kier molecular flexibility index (Phi) is 3.93. The topological polar surface area (TPSA) is 46.5 Å². The highest BCUT2D eigenvalue weighted by molar-refractivity contribution is 5.67. The normalized spacial score (nSPS) is 21.1. The molecule has 3 heteroatoms. The summed E-state index contributed by atoms with van der Waals surface area (Å²) in [6, 6.07) is 0. The highest BCUT2D eigenvalue weighted by Crippen LogP contribution is 2.40. The van der Waals surface area contributed by atoms with Crippen molar-refractivity contribution in [2.24, 2.45) is 11.3 Å². The molecule has 82 valence electrons. The zero-order chi connectivity index (χ0) is 10.6. The van der Waals surface area contributed by atoms with Crippen LogP contribution in [0.3, 0.4) is 0 Å². The number of carboxylic acid groups (broad SMARTS) is 1. The Morgan fingerprint density at radius 3 is 2.43 bits per heavy atom. The van der Waals surface area contributed by atoms with Crippen LogP contribution in [0.2, 0.25) is 0 Å². The van der Waals surface area contributed by atoms with Crippen molar-refractivity contribution in [1.82, 2.24) is 0 Å². The second kappa shape index (κ2) is 4.78. The quantitative estimate of drug-likeness (QED) is 0.757. The lowest BCUT2D eigenvalue weighted by atomic mass is 9.72. The van der Waals surface area contributed by atoms with Crippen molar-refractivity contribution in [2.45, 2.75) is 39.5 Å². The van der Waals surface area contributed by atoms with Gasteiger partial charge in [-0.3, -0.25) is 4.79 Å². The van der Waals surface area contributed by atoms with Crippen LogP contribution in [0.5, 0.6) is 0 Å². The number of aliphatic carboxylic acids is 1.